The summed E-state index contributed by atoms with van der Waals surface area (Å²) in [6, 6.07) is 21.2. The van der Waals surface area contributed by atoms with Crippen molar-refractivity contribution in [1.29, 1.82) is 0 Å². The highest BCUT2D eigenvalue weighted by Crippen LogP contribution is 2.58. The van der Waals surface area contributed by atoms with Crippen LogP contribution < -0.4 is 33.9 Å². The number of carbonyl (C=O) groups is 3. The summed E-state index contributed by atoms with van der Waals surface area (Å²) in [5, 5.41) is 3.05. The number of ether oxygens (including phenoxy) is 5. The number of hydrogen-bond donors (Lipinski definition) is 1. The second-order valence-electron chi connectivity index (χ2n) is 11.8. The molecule has 1 spiro atoms. The molecule has 0 saturated carbocycles. The van der Waals surface area contributed by atoms with Crippen LogP contribution in [0.3, 0.4) is 0 Å². The molecule has 48 heavy (non-hydrogen) atoms. The van der Waals surface area contributed by atoms with Gasteiger partial charge in [0.05, 0.1) is 47.5 Å². The van der Waals surface area contributed by atoms with Crippen molar-refractivity contribution >= 4 is 34.9 Å². The van der Waals surface area contributed by atoms with E-state index in [9.17, 15) is 4.79 Å². The first-order valence-corrected chi connectivity index (χ1v) is 15.4. The third-order valence-corrected chi connectivity index (χ3v) is 9.71. The number of fused-ring (bicyclic) bond motifs is 6. The molecule has 0 bridgehead atoms. The fourth-order valence-electron chi connectivity index (χ4n) is 7.68. The standard InChI is InChI=1S/C38H34N2O8/c1-44-27-16-14-22(18-28(27)45-2)35(42)33-32(34(41)23-19-29(46-3)36(48-5)30(20-23)47-4)38(24-11-7-8-12-25(24)39-37(38)43)31-17-15-21-10-6-9-13-26(21)40(31)33/h6-20,31-33H,1-5H3,(H,39,43)/t31-,32+,33-,38-/m0/s1. The zero-order chi connectivity index (χ0) is 33.7. The molecular weight excluding hydrogens is 612 g/mol. The largest absolute Gasteiger partial charge is 0.493 e. The molecular formula is C38H34N2O8. The van der Waals surface area contributed by atoms with Gasteiger partial charge in [-0.3, -0.25) is 14.4 Å². The van der Waals surface area contributed by atoms with Crippen molar-refractivity contribution in [1.82, 2.24) is 0 Å². The Kier molecular flexibility index (Phi) is 7.58. The molecule has 244 valence electrons. The number of para-hydroxylation sites is 2. The van der Waals surface area contributed by atoms with Gasteiger partial charge in [-0.1, -0.05) is 48.6 Å². The number of carbonyl (C=O) groups excluding carboxylic acids is 3. The lowest BCUT2D eigenvalue weighted by molar-refractivity contribution is -0.121. The maximum atomic E-state index is 15.3. The van der Waals surface area contributed by atoms with Gasteiger partial charge in [-0.2, -0.15) is 0 Å². The maximum Gasteiger partial charge on any atom is 0.238 e. The summed E-state index contributed by atoms with van der Waals surface area (Å²) in [7, 11) is 7.43. The SMILES string of the molecule is COc1ccc(C(=O)[C@@H]2[C@H](C(=O)c3cc(OC)c(OC)c(OC)c3)[C@@]3(C(=O)Nc4ccccc43)[C@@H]3C=Cc4ccccc4N23)cc1OC. The fraction of sp³-hybridized carbons (Fsp3) is 0.237. The number of rotatable bonds is 9. The van der Waals surface area contributed by atoms with Gasteiger partial charge in [-0.15, -0.1) is 0 Å². The molecule has 7 rings (SSSR count). The molecule has 10 heteroatoms. The van der Waals surface area contributed by atoms with Crippen molar-refractivity contribution in [2.24, 2.45) is 5.92 Å². The van der Waals surface area contributed by atoms with Crippen molar-refractivity contribution in [2.45, 2.75) is 17.5 Å². The van der Waals surface area contributed by atoms with E-state index < -0.39 is 29.2 Å². The van der Waals surface area contributed by atoms with Gasteiger partial charge in [0, 0.05) is 22.5 Å². The van der Waals surface area contributed by atoms with E-state index in [1.807, 2.05) is 65.6 Å². The first kappa shape index (κ1) is 30.9. The lowest BCUT2D eigenvalue weighted by atomic mass is 9.64. The van der Waals surface area contributed by atoms with Crippen LogP contribution in [-0.2, 0) is 10.2 Å². The first-order chi connectivity index (χ1) is 23.3. The normalized spacial score (nSPS) is 21.6. The van der Waals surface area contributed by atoms with Crippen LogP contribution in [0.5, 0.6) is 28.7 Å². The monoisotopic (exact) mass is 646 g/mol. The number of ketones is 2. The van der Waals surface area contributed by atoms with Gasteiger partial charge in [-0.25, -0.2) is 0 Å². The summed E-state index contributed by atoms with van der Waals surface area (Å²) in [6.45, 7) is 0. The quantitative estimate of drug-likeness (QED) is 0.233. The minimum Gasteiger partial charge on any atom is -0.493 e. The summed E-state index contributed by atoms with van der Waals surface area (Å²) in [6.07, 6.45) is 3.89. The number of anilines is 2. The topological polar surface area (TPSA) is 113 Å². The van der Waals surface area contributed by atoms with Crippen LogP contribution in [-0.4, -0.2) is 65.1 Å². The summed E-state index contributed by atoms with van der Waals surface area (Å²) in [4.78, 5) is 47.1. The lowest BCUT2D eigenvalue weighted by Crippen LogP contribution is -2.51. The van der Waals surface area contributed by atoms with Crippen LogP contribution in [0.25, 0.3) is 6.08 Å². The van der Waals surface area contributed by atoms with Crippen LogP contribution in [0.4, 0.5) is 11.4 Å². The molecule has 1 amide bonds. The molecule has 1 N–H and O–H groups in total. The first-order valence-electron chi connectivity index (χ1n) is 15.4. The van der Waals surface area contributed by atoms with Crippen molar-refractivity contribution in [3.05, 3.63) is 107 Å². The highest BCUT2D eigenvalue weighted by Gasteiger charge is 2.70. The third-order valence-electron chi connectivity index (χ3n) is 9.71. The van der Waals surface area contributed by atoms with Gasteiger partial charge in [-0.05, 0) is 53.6 Å². The number of nitrogens with zero attached hydrogens (tertiary/aromatic N) is 1. The Morgan fingerprint density at radius 1 is 0.708 bits per heavy atom. The number of benzene rings is 4. The molecule has 0 aliphatic carbocycles. The number of amides is 1. The summed E-state index contributed by atoms with van der Waals surface area (Å²) in [5.41, 5.74) is 1.85. The maximum absolute atomic E-state index is 15.3. The van der Waals surface area contributed by atoms with Gasteiger partial charge in [0.2, 0.25) is 11.7 Å². The average Bonchev–Trinajstić information content (AvgIpc) is 3.61. The van der Waals surface area contributed by atoms with E-state index in [4.69, 9.17) is 23.7 Å². The molecule has 0 unspecified atom stereocenters. The van der Waals surface area contributed by atoms with Crippen molar-refractivity contribution in [2.75, 3.05) is 45.8 Å². The summed E-state index contributed by atoms with van der Waals surface area (Å²) < 4.78 is 27.7. The summed E-state index contributed by atoms with van der Waals surface area (Å²) >= 11 is 0. The molecule has 3 aliphatic heterocycles. The Morgan fingerprint density at radius 2 is 1.35 bits per heavy atom. The smallest absolute Gasteiger partial charge is 0.238 e. The highest BCUT2D eigenvalue weighted by atomic mass is 16.5. The van der Waals surface area contributed by atoms with Crippen LogP contribution >= 0.6 is 0 Å². The zero-order valence-electron chi connectivity index (χ0n) is 27.1. The minimum absolute atomic E-state index is 0.202. The number of Topliss-reactive ketones (excluding diaryl/α,β-unsaturated/α-hetero) is 2. The van der Waals surface area contributed by atoms with Crippen LogP contribution in [0.1, 0.15) is 31.8 Å². The van der Waals surface area contributed by atoms with E-state index in [2.05, 4.69) is 5.32 Å². The Bertz CT molecular complexity index is 1980. The molecule has 4 atom stereocenters. The van der Waals surface area contributed by atoms with E-state index >= 15 is 9.59 Å². The minimum atomic E-state index is -1.49. The molecule has 0 aromatic heterocycles. The van der Waals surface area contributed by atoms with E-state index in [-0.39, 0.29) is 28.8 Å². The fourth-order valence-corrected chi connectivity index (χ4v) is 7.68. The average molecular weight is 647 g/mol. The van der Waals surface area contributed by atoms with E-state index in [0.717, 1.165) is 11.3 Å². The van der Waals surface area contributed by atoms with E-state index in [1.165, 1.54) is 35.5 Å². The van der Waals surface area contributed by atoms with Gasteiger partial charge in [0.1, 0.15) is 11.5 Å². The van der Waals surface area contributed by atoms with Crippen LogP contribution in [0, 0.1) is 5.92 Å². The Hall–Kier alpha value is -5.77. The molecule has 4 aromatic rings. The number of nitrogens with one attached hydrogen (secondary N) is 1. The van der Waals surface area contributed by atoms with Gasteiger partial charge in [0.25, 0.3) is 0 Å². The van der Waals surface area contributed by atoms with Crippen LogP contribution in [0.15, 0.2) is 84.9 Å². The molecule has 3 aliphatic rings. The summed E-state index contributed by atoms with van der Waals surface area (Å²) in [5.74, 6) is -0.678. The Morgan fingerprint density at radius 3 is 2.04 bits per heavy atom. The Labute approximate surface area is 277 Å². The molecule has 4 aromatic carbocycles. The molecule has 1 fully saturated rings. The predicted octanol–water partition coefficient (Wildman–Crippen LogP) is 5.59. The molecule has 10 nitrogen and oxygen atoms in total. The van der Waals surface area contributed by atoms with Gasteiger partial charge >= 0.3 is 0 Å². The van der Waals surface area contributed by atoms with E-state index in [1.54, 1.807) is 30.3 Å². The van der Waals surface area contributed by atoms with Crippen LogP contribution in [0.2, 0.25) is 0 Å². The third kappa shape index (κ3) is 4.28. The molecule has 3 heterocycles. The lowest BCUT2D eigenvalue weighted by Gasteiger charge is -2.37. The second kappa shape index (κ2) is 11.8. The second-order valence-corrected chi connectivity index (χ2v) is 11.8. The number of hydrogen-bond acceptors (Lipinski definition) is 9. The molecule has 1 saturated heterocycles. The number of methoxy groups -OCH3 is 5. The zero-order valence-corrected chi connectivity index (χ0v) is 27.1. The van der Waals surface area contributed by atoms with Crippen molar-refractivity contribution < 1.29 is 38.1 Å². The van der Waals surface area contributed by atoms with Gasteiger partial charge < -0.3 is 33.9 Å². The van der Waals surface area contributed by atoms with Gasteiger partial charge in [0.15, 0.2) is 34.6 Å². The Balaban J connectivity index is 1.53. The highest BCUT2D eigenvalue weighted by molar-refractivity contribution is 6.18. The predicted molar refractivity (Wildman–Crippen MR) is 180 cm³/mol. The van der Waals surface area contributed by atoms with E-state index in [0.29, 0.717) is 34.1 Å². The van der Waals surface area contributed by atoms with Crippen molar-refractivity contribution in [3.63, 3.8) is 0 Å². The van der Waals surface area contributed by atoms with Crippen molar-refractivity contribution in [3.8, 4) is 28.7 Å². The molecule has 0 radical (unpaired) electrons.